The lowest BCUT2D eigenvalue weighted by Crippen LogP contribution is -2.46. The average molecular weight is 247 g/mol. The molecule has 3 nitrogen and oxygen atoms in total. The summed E-state index contributed by atoms with van der Waals surface area (Å²) in [4.78, 5) is 2.15. The van der Waals surface area contributed by atoms with Gasteiger partial charge in [-0.15, -0.1) is 0 Å². The zero-order chi connectivity index (χ0) is 13.1. The molecule has 1 saturated heterocycles. The van der Waals surface area contributed by atoms with Gasteiger partial charge in [0, 0.05) is 19.1 Å². The topological polar surface area (TPSA) is 53.0 Å². The number of nitriles is 1. The fourth-order valence-electron chi connectivity index (χ4n) is 2.64. The second kappa shape index (κ2) is 5.36. The Kier molecular flexibility index (Phi) is 3.83. The van der Waals surface area contributed by atoms with Crippen LogP contribution >= 0.6 is 0 Å². The Morgan fingerprint density at radius 3 is 3.00 bits per heavy atom. The number of rotatable bonds is 2. The molecule has 1 aromatic carbocycles. The highest BCUT2D eigenvalue weighted by atomic mass is 19.1. The Hall–Kier alpha value is -1.60. The third-order valence-corrected chi connectivity index (χ3v) is 3.64. The highest BCUT2D eigenvalue weighted by Crippen LogP contribution is 2.30. The molecule has 2 N–H and O–H groups in total. The Morgan fingerprint density at radius 2 is 2.33 bits per heavy atom. The van der Waals surface area contributed by atoms with E-state index in [0.29, 0.717) is 18.0 Å². The number of hydrogen-bond donors (Lipinski definition) is 1. The van der Waals surface area contributed by atoms with Crippen LogP contribution in [0.2, 0.25) is 0 Å². The zero-order valence-electron chi connectivity index (χ0n) is 10.6. The van der Waals surface area contributed by atoms with Crippen molar-refractivity contribution in [1.29, 1.82) is 5.26 Å². The molecule has 1 heterocycles. The van der Waals surface area contributed by atoms with E-state index in [0.717, 1.165) is 25.1 Å². The molecule has 0 saturated carbocycles. The molecule has 1 fully saturated rings. The van der Waals surface area contributed by atoms with E-state index in [1.807, 2.05) is 0 Å². The number of nitrogens with zero attached hydrogens (tertiary/aromatic N) is 2. The van der Waals surface area contributed by atoms with E-state index in [2.05, 4.69) is 17.9 Å². The van der Waals surface area contributed by atoms with Gasteiger partial charge in [0.15, 0.2) is 0 Å². The first-order valence-electron chi connectivity index (χ1n) is 6.32. The van der Waals surface area contributed by atoms with Crippen molar-refractivity contribution in [1.82, 2.24) is 0 Å². The molecular formula is C14H18FN3. The predicted molar refractivity (Wildman–Crippen MR) is 69.7 cm³/mol. The van der Waals surface area contributed by atoms with E-state index in [-0.39, 0.29) is 11.9 Å². The molecule has 1 aliphatic heterocycles. The van der Waals surface area contributed by atoms with Gasteiger partial charge >= 0.3 is 0 Å². The Labute approximate surface area is 107 Å². The number of hydrogen-bond acceptors (Lipinski definition) is 3. The van der Waals surface area contributed by atoms with Crippen molar-refractivity contribution in [2.75, 3.05) is 18.0 Å². The van der Waals surface area contributed by atoms with Crippen LogP contribution in [-0.2, 0) is 0 Å². The van der Waals surface area contributed by atoms with Crippen LogP contribution in [0.25, 0.3) is 0 Å². The number of benzene rings is 1. The molecule has 1 aliphatic rings. The fraction of sp³-hybridized carbons (Fsp3) is 0.500. The van der Waals surface area contributed by atoms with Crippen molar-refractivity contribution in [3.8, 4) is 6.07 Å². The van der Waals surface area contributed by atoms with Crippen molar-refractivity contribution < 1.29 is 4.39 Å². The lowest BCUT2D eigenvalue weighted by molar-refractivity contribution is 0.366. The van der Waals surface area contributed by atoms with Gasteiger partial charge in [0.1, 0.15) is 11.9 Å². The van der Waals surface area contributed by atoms with Crippen LogP contribution in [0.4, 0.5) is 10.1 Å². The summed E-state index contributed by atoms with van der Waals surface area (Å²) in [5.41, 5.74) is 7.01. The third-order valence-electron chi connectivity index (χ3n) is 3.64. The monoisotopic (exact) mass is 247 g/mol. The molecule has 0 aliphatic carbocycles. The fourth-order valence-corrected chi connectivity index (χ4v) is 2.64. The number of piperidine rings is 1. The second-order valence-corrected chi connectivity index (χ2v) is 4.99. The van der Waals surface area contributed by atoms with E-state index < -0.39 is 0 Å². The standard InChI is InChI=1S/C14H18FN3/c1-10-4-5-18(13(6-10)9-17)14-3-2-12(15)7-11(14)8-16/h2-3,7,10,13H,4-6,9,17H2,1H3. The molecule has 4 heteroatoms. The third kappa shape index (κ3) is 2.46. The maximum atomic E-state index is 13.1. The maximum absolute atomic E-state index is 13.1. The molecule has 2 atom stereocenters. The van der Waals surface area contributed by atoms with Crippen molar-refractivity contribution in [3.63, 3.8) is 0 Å². The van der Waals surface area contributed by atoms with Gasteiger partial charge in [-0.25, -0.2) is 4.39 Å². The molecule has 2 unspecified atom stereocenters. The van der Waals surface area contributed by atoms with E-state index in [1.165, 1.54) is 12.1 Å². The Bertz CT molecular complexity index is 467. The van der Waals surface area contributed by atoms with Crippen molar-refractivity contribution in [2.45, 2.75) is 25.8 Å². The lowest BCUT2D eigenvalue weighted by Gasteiger charge is -2.40. The first-order valence-corrected chi connectivity index (χ1v) is 6.32. The number of anilines is 1. The van der Waals surface area contributed by atoms with Crippen LogP contribution in [-0.4, -0.2) is 19.1 Å². The minimum atomic E-state index is -0.370. The van der Waals surface area contributed by atoms with Gasteiger partial charge in [-0.2, -0.15) is 5.26 Å². The van der Waals surface area contributed by atoms with Gasteiger partial charge in [0.05, 0.1) is 11.3 Å². The van der Waals surface area contributed by atoms with Crippen molar-refractivity contribution in [3.05, 3.63) is 29.6 Å². The van der Waals surface area contributed by atoms with Gasteiger partial charge in [0.25, 0.3) is 0 Å². The summed E-state index contributed by atoms with van der Waals surface area (Å²) in [5, 5.41) is 9.11. The molecule has 1 aromatic rings. The summed E-state index contributed by atoms with van der Waals surface area (Å²) in [6.07, 6.45) is 2.11. The van der Waals surface area contributed by atoms with E-state index in [1.54, 1.807) is 6.07 Å². The smallest absolute Gasteiger partial charge is 0.124 e. The normalized spacial score (nSPS) is 23.8. The van der Waals surface area contributed by atoms with Crippen LogP contribution in [0.15, 0.2) is 18.2 Å². The predicted octanol–water partition coefficient (Wildman–Crippen LogP) is 2.26. The Balaban J connectivity index is 2.33. The first kappa shape index (κ1) is 12.8. The van der Waals surface area contributed by atoms with Crippen LogP contribution < -0.4 is 10.6 Å². The van der Waals surface area contributed by atoms with Crippen LogP contribution in [0.3, 0.4) is 0 Å². The lowest BCUT2D eigenvalue weighted by atomic mass is 9.91. The number of halogens is 1. The van der Waals surface area contributed by atoms with E-state index in [9.17, 15) is 4.39 Å². The summed E-state index contributed by atoms with van der Waals surface area (Å²) >= 11 is 0. The van der Waals surface area contributed by atoms with Crippen LogP contribution in [0, 0.1) is 23.1 Å². The molecule has 0 spiro atoms. The SMILES string of the molecule is CC1CCN(c2ccc(F)cc2C#N)C(CN)C1. The van der Waals surface area contributed by atoms with Gasteiger partial charge in [-0.1, -0.05) is 6.92 Å². The molecule has 18 heavy (non-hydrogen) atoms. The molecule has 0 amide bonds. The molecule has 0 radical (unpaired) electrons. The highest BCUT2D eigenvalue weighted by molar-refractivity contribution is 5.60. The molecule has 0 bridgehead atoms. The maximum Gasteiger partial charge on any atom is 0.124 e. The van der Waals surface area contributed by atoms with Gasteiger partial charge in [0.2, 0.25) is 0 Å². The second-order valence-electron chi connectivity index (χ2n) is 4.99. The summed E-state index contributed by atoms with van der Waals surface area (Å²) in [6.45, 7) is 3.66. The van der Waals surface area contributed by atoms with Crippen LogP contribution in [0.5, 0.6) is 0 Å². The Morgan fingerprint density at radius 1 is 1.56 bits per heavy atom. The highest BCUT2D eigenvalue weighted by Gasteiger charge is 2.26. The minimum absolute atomic E-state index is 0.242. The summed E-state index contributed by atoms with van der Waals surface area (Å²) < 4.78 is 13.1. The summed E-state index contributed by atoms with van der Waals surface area (Å²) in [7, 11) is 0. The summed E-state index contributed by atoms with van der Waals surface area (Å²) in [5.74, 6) is 0.283. The largest absolute Gasteiger partial charge is 0.366 e. The number of nitrogens with two attached hydrogens (primary N) is 1. The van der Waals surface area contributed by atoms with Crippen molar-refractivity contribution >= 4 is 5.69 Å². The van der Waals surface area contributed by atoms with Gasteiger partial charge in [-0.3, -0.25) is 0 Å². The quantitative estimate of drug-likeness (QED) is 0.872. The first-order chi connectivity index (χ1) is 8.65. The minimum Gasteiger partial charge on any atom is -0.366 e. The molecule has 96 valence electrons. The van der Waals surface area contributed by atoms with Crippen LogP contribution in [0.1, 0.15) is 25.3 Å². The molecule has 0 aromatic heterocycles. The van der Waals surface area contributed by atoms with Gasteiger partial charge < -0.3 is 10.6 Å². The summed E-state index contributed by atoms with van der Waals surface area (Å²) in [6, 6.07) is 6.69. The zero-order valence-corrected chi connectivity index (χ0v) is 10.6. The van der Waals surface area contributed by atoms with E-state index in [4.69, 9.17) is 11.0 Å². The van der Waals surface area contributed by atoms with Crippen molar-refractivity contribution in [2.24, 2.45) is 11.7 Å². The molecule has 2 rings (SSSR count). The average Bonchev–Trinajstić information content (AvgIpc) is 2.38. The van der Waals surface area contributed by atoms with Gasteiger partial charge in [-0.05, 0) is 37.0 Å². The molecular weight excluding hydrogens is 229 g/mol. The van der Waals surface area contributed by atoms with E-state index >= 15 is 0 Å².